The first-order valence-corrected chi connectivity index (χ1v) is 24.5. The lowest BCUT2D eigenvalue weighted by atomic mass is 9.94. The number of hydrogen-bond donors (Lipinski definition) is 21. The molecule has 7 saturated heterocycles. The van der Waals surface area contributed by atoms with Gasteiger partial charge in [-0.2, -0.15) is 0 Å². The van der Waals surface area contributed by atoms with Crippen molar-refractivity contribution in [3.8, 4) is 0 Å². The van der Waals surface area contributed by atoms with Crippen LogP contribution in [0.3, 0.4) is 0 Å². The highest BCUT2D eigenvalue weighted by atomic mass is 16.8. The molecular weight excluding hydrogens is 1040 g/mol. The summed E-state index contributed by atoms with van der Waals surface area (Å²) in [6.45, 7) is -2.20. The topological polar surface area (TPSA) is 556 Å². The van der Waals surface area contributed by atoms with Crippen molar-refractivity contribution < 1.29 is 159 Å². The summed E-state index contributed by atoms with van der Waals surface area (Å²) in [5.74, 6) is 0. The lowest BCUT2D eigenvalue weighted by Gasteiger charge is -2.51. The van der Waals surface area contributed by atoms with Gasteiger partial charge in [-0.15, -0.1) is 0 Å². The maximum atomic E-state index is 11.8. The van der Waals surface area contributed by atoms with E-state index in [2.05, 4.69) is 0 Å². The van der Waals surface area contributed by atoms with Gasteiger partial charge in [-0.3, -0.25) is 0 Å². The smallest absolute Gasteiger partial charge is 0.187 e. The van der Waals surface area contributed by atoms with Crippen LogP contribution in [0.1, 0.15) is 13.8 Å². The van der Waals surface area contributed by atoms with E-state index in [9.17, 15) is 97.0 Å². The molecule has 34 heteroatoms. The van der Waals surface area contributed by atoms with Crippen LogP contribution in [0.4, 0.5) is 0 Å². The number of aliphatic hydroxyl groups excluding tert-OH is 19. The first-order valence-electron chi connectivity index (χ1n) is 24.5. The largest absolute Gasteiger partial charge is 0.394 e. The van der Waals surface area contributed by atoms with Crippen molar-refractivity contribution in [2.75, 3.05) is 33.0 Å². The highest BCUT2D eigenvalue weighted by molar-refractivity contribution is 5.02. The summed E-state index contributed by atoms with van der Waals surface area (Å²) in [6, 6.07) is -3.49. The van der Waals surface area contributed by atoms with Crippen LogP contribution in [0, 0.1) is 0 Å². The summed E-state index contributed by atoms with van der Waals surface area (Å²) < 4.78 is 75.2. The minimum Gasteiger partial charge on any atom is -0.394 e. The van der Waals surface area contributed by atoms with Gasteiger partial charge in [0.2, 0.25) is 0 Å². The number of rotatable bonds is 17. The summed E-state index contributed by atoms with van der Waals surface area (Å²) in [5, 5.41) is 203. The van der Waals surface area contributed by atoms with E-state index >= 15 is 0 Å². The number of hydrogen-bond acceptors (Lipinski definition) is 34. The van der Waals surface area contributed by atoms with Gasteiger partial charge in [-0.05, 0) is 13.8 Å². The standard InChI is InChI=1S/C42H74N2O32/c1-8-17(50)23(56)26(59)39(64-8)73-32-16(44)38(70-14(7-49)31(32)72-42-35(25(58)19(52)10(3-45)68-42)76-40-27(60)24(57)18(51)9(2)65-40)75-34-21(54)12(5-47)67-41(29(34)62)71-30-13(6-48)69-37(15(43)22(30)55)74-33-20(53)11(4-46)66-36(63)28(33)61/h8-42,45-63H,3-7,43-44H2,1-2H3/t8?,9?,10?,11?,12?,13?,14?,15?,16?,17-,18-,19+,20+,21+,22?,23?,24?,25?,26?,27?,28?,29?,30+,31+,32?,33?,34?,35?,36-,37+,38+,39+,40+,41+,42+/m1/s1. The van der Waals surface area contributed by atoms with Crippen LogP contribution in [0.25, 0.3) is 0 Å². The van der Waals surface area contributed by atoms with Crippen LogP contribution >= 0.6 is 0 Å². The molecule has 0 saturated carbocycles. The van der Waals surface area contributed by atoms with Crippen LogP contribution in [0.15, 0.2) is 0 Å². The Labute approximate surface area is 431 Å². The van der Waals surface area contributed by atoms with Crippen LogP contribution < -0.4 is 11.5 Å². The van der Waals surface area contributed by atoms with Crippen molar-refractivity contribution in [3.63, 3.8) is 0 Å². The molecule has 0 amide bonds. The monoisotopic (exact) mass is 1120 g/mol. The van der Waals surface area contributed by atoms with Crippen molar-refractivity contribution in [2.24, 2.45) is 11.5 Å². The molecule has 0 aromatic rings. The molecule has 0 spiro atoms. The Bertz CT molecular complexity index is 1790. The third kappa shape index (κ3) is 12.5. The summed E-state index contributed by atoms with van der Waals surface area (Å²) >= 11 is 0. The molecule has 0 radical (unpaired) electrons. The number of nitrogens with two attached hydrogens (primary N) is 2. The van der Waals surface area contributed by atoms with Gasteiger partial charge in [0.05, 0.1) is 57.3 Å². The van der Waals surface area contributed by atoms with Gasteiger partial charge >= 0.3 is 0 Å². The Kier molecular flexibility index (Phi) is 21.5. The fourth-order valence-corrected chi connectivity index (χ4v) is 9.95. The van der Waals surface area contributed by atoms with Gasteiger partial charge in [-0.25, -0.2) is 0 Å². The van der Waals surface area contributed by atoms with Crippen LogP contribution in [0.5, 0.6) is 0 Å². The third-order valence-corrected chi connectivity index (χ3v) is 14.6. The van der Waals surface area contributed by atoms with Crippen LogP contribution in [0.2, 0.25) is 0 Å². The summed E-state index contributed by atoms with van der Waals surface area (Å²) in [6.07, 6.45) is -60.1. The van der Waals surface area contributed by atoms with E-state index in [0.29, 0.717) is 0 Å². The Hall–Kier alpha value is -1.36. The molecule has 0 aliphatic carbocycles. The second kappa shape index (κ2) is 26.3. The lowest BCUT2D eigenvalue weighted by Crippen LogP contribution is -2.71. The first-order chi connectivity index (χ1) is 35.9. The van der Waals surface area contributed by atoms with Crippen molar-refractivity contribution in [2.45, 2.75) is 229 Å². The number of ether oxygens (including phenoxy) is 13. The van der Waals surface area contributed by atoms with Gasteiger partial charge in [0, 0.05) is 0 Å². The molecule has 34 nitrogen and oxygen atoms in total. The average Bonchev–Trinajstić information content (AvgIpc) is 3.42. The molecule has 444 valence electrons. The van der Waals surface area contributed by atoms with Gasteiger partial charge in [0.25, 0.3) is 0 Å². The normalized spacial score (nSPS) is 54.6. The minimum absolute atomic E-state index is 0.820. The molecule has 76 heavy (non-hydrogen) atoms. The quantitative estimate of drug-likeness (QED) is 0.0643. The molecule has 0 aromatic carbocycles. The van der Waals surface area contributed by atoms with E-state index in [1.807, 2.05) is 0 Å². The molecule has 0 bridgehead atoms. The first kappa shape index (κ1) is 62.2. The van der Waals surface area contributed by atoms with Gasteiger partial charge < -0.3 is 170 Å². The molecule has 21 unspecified atom stereocenters. The van der Waals surface area contributed by atoms with E-state index in [1.54, 1.807) is 0 Å². The molecule has 7 rings (SSSR count). The maximum Gasteiger partial charge on any atom is 0.187 e. The molecule has 7 aliphatic heterocycles. The van der Waals surface area contributed by atoms with E-state index in [-0.39, 0.29) is 0 Å². The van der Waals surface area contributed by atoms with Crippen molar-refractivity contribution in [3.05, 3.63) is 0 Å². The Morgan fingerprint density at radius 2 is 0.645 bits per heavy atom. The van der Waals surface area contributed by atoms with Gasteiger partial charge in [0.1, 0.15) is 146 Å². The van der Waals surface area contributed by atoms with E-state index in [0.717, 1.165) is 0 Å². The molecule has 7 heterocycles. The average molecular weight is 1120 g/mol. The van der Waals surface area contributed by atoms with Crippen LogP contribution in [-0.2, 0) is 61.6 Å². The molecule has 35 atom stereocenters. The van der Waals surface area contributed by atoms with Gasteiger partial charge in [-0.1, -0.05) is 0 Å². The summed E-state index contributed by atoms with van der Waals surface area (Å²) in [5.41, 5.74) is 13.0. The maximum absolute atomic E-state index is 11.8. The Morgan fingerprint density at radius 3 is 1.16 bits per heavy atom. The summed E-state index contributed by atoms with van der Waals surface area (Å²) in [7, 11) is 0. The molecule has 0 aromatic heterocycles. The van der Waals surface area contributed by atoms with Crippen molar-refractivity contribution in [1.29, 1.82) is 0 Å². The van der Waals surface area contributed by atoms with E-state index < -0.39 is 248 Å². The number of aliphatic hydroxyl groups is 19. The van der Waals surface area contributed by atoms with E-state index in [1.165, 1.54) is 13.8 Å². The molecule has 23 N–H and O–H groups in total. The Balaban J connectivity index is 1.14. The predicted molar refractivity (Wildman–Crippen MR) is 233 cm³/mol. The van der Waals surface area contributed by atoms with Gasteiger partial charge in [0.15, 0.2) is 44.0 Å². The third-order valence-electron chi connectivity index (χ3n) is 14.6. The lowest BCUT2D eigenvalue weighted by molar-refractivity contribution is -0.400. The molecule has 7 fully saturated rings. The van der Waals surface area contributed by atoms with Crippen molar-refractivity contribution >= 4 is 0 Å². The summed E-state index contributed by atoms with van der Waals surface area (Å²) in [4.78, 5) is 0. The van der Waals surface area contributed by atoms with Crippen molar-refractivity contribution in [1.82, 2.24) is 0 Å². The predicted octanol–water partition coefficient (Wildman–Crippen LogP) is -14.3. The fraction of sp³-hybridized carbons (Fsp3) is 1.00. The second-order valence-corrected chi connectivity index (χ2v) is 19.7. The zero-order valence-corrected chi connectivity index (χ0v) is 40.7. The van der Waals surface area contributed by atoms with E-state index in [4.69, 9.17) is 73.0 Å². The SMILES string of the molecule is CC1O[C@@H](OC2C(O)[C@@H](O)C(CO)O[C@H]2O[C@H]2C(CO)O[C@@H](OC3C(O)[C@H](O[C@H]4C(CO)O[C@@H](OC5C(O)[C@H](O)OC(CO)[C@@H]5O)C(N)C4O)OC(CO)[C@@H]3O)C(N)C2O[C@@H]2OC(C)[C@@H](O)C(O)C2O)C(O)C(O)[C@@H]1O. The zero-order chi connectivity index (χ0) is 55.9. The fourth-order valence-electron chi connectivity index (χ4n) is 9.95. The molecule has 7 aliphatic rings. The second-order valence-electron chi connectivity index (χ2n) is 19.7. The molecular formula is C42H74N2O32. The highest BCUT2D eigenvalue weighted by Gasteiger charge is 2.59. The highest BCUT2D eigenvalue weighted by Crippen LogP contribution is 2.38. The minimum atomic E-state index is -2.19. The van der Waals surface area contributed by atoms with Crippen LogP contribution in [-0.4, -0.2) is 345 Å². The Morgan fingerprint density at radius 1 is 0.276 bits per heavy atom. The zero-order valence-electron chi connectivity index (χ0n) is 40.7.